The first-order valence-corrected chi connectivity index (χ1v) is 8.80. The highest BCUT2D eigenvalue weighted by molar-refractivity contribution is 7.58. The molecular weight excluding hydrogens is 315 g/mol. The van der Waals surface area contributed by atoms with Crippen LogP contribution < -0.4 is 0 Å². The number of esters is 1. The maximum absolute atomic E-state index is 12.1. The SMILES string of the molecule is C=C(C)C(=O)OCC(CO)(CO)COP(C)(=O)CCC(=O)O. The first kappa shape index (κ1) is 20.8. The molecule has 0 saturated carbocycles. The van der Waals surface area contributed by atoms with E-state index in [1.807, 2.05) is 0 Å². The van der Waals surface area contributed by atoms with Crippen molar-refractivity contribution in [3.63, 3.8) is 0 Å². The predicted octanol–water partition coefficient (Wildman–Crippen LogP) is 0.476. The minimum atomic E-state index is -3.20. The predicted molar refractivity (Wildman–Crippen MR) is 79.0 cm³/mol. The van der Waals surface area contributed by atoms with Crippen molar-refractivity contribution in [3.8, 4) is 0 Å². The Morgan fingerprint density at radius 2 is 1.77 bits per heavy atom. The van der Waals surface area contributed by atoms with Gasteiger partial charge in [-0.05, 0) is 6.92 Å². The molecule has 0 aliphatic carbocycles. The number of rotatable bonds is 11. The summed E-state index contributed by atoms with van der Waals surface area (Å²) in [5.74, 6) is -1.78. The monoisotopic (exact) mass is 338 g/mol. The second-order valence-corrected chi connectivity index (χ2v) is 8.06. The minimum Gasteiger partial charge on any atom is -0.481 e. The molecule has 0 radical (unpaired) electrons. The third-order valence-corrected chi connectivity index (χ3v) is 4.62. The van der Waals surface area contributed by atoms with Crippen molar-refractivity contribution in [1.29, 1.82) is 0 Å². The number of carboxylic acid groups (broad SMARTS) is 1. The lowest BCUT2D eigenvalue weighted by Gasteiger charge is -2.30. The molecule has 9 heteroatoms. The number of ether oxygens (including phenoxy) is 1. The molecule has 0 aromatic heterocycles. The van der Waals surface area contributed by atoms with Crippen LogP contribution in [0, 0.1) is 5.41 Å². The number of aliphatic carboxylic acids is 1. The van der Waals surface area contributed by atoms with Gasteiger partial charge in [0.2, 0.25) is 7.37 Å². The summed E-state index contributed by atoms with van der Waals surface area (Å²) in [6.45, 7) is 4.32. The van der Waals surface area contributed by atoms with Gasteiger partial charge in [-0.25, -0.2) is 4.79 Å². The van der Waals surface area contributed by atoms with Crippen LogP contribution in [0.3, 0.4) is 0 Å². The number of aliphatic hydroxyl groups excluding tert-OH is 2. The fourth-order valence-electron chi connectivity index (χ4n) is 1.25. The zero-order valence-electron chi connectivity index (χ0n) is 12.8. The van der Waals surface area contributed by atoms with E-state index in [4.69, 9.17) is 14.4 Å². The van der Waals surface area contributed by atoms with Gasteiger partial charge in [0.05, 0.1) is 31.7 Å². The summed E-state index contributed by atoms with van der Waals surface area (Å²) < 4.78 is 22.1. The molecule has 1 atom stereocenters. The molecule has 1 unspecified atom stereocenters. The third kappa shape index (κ3) is 7.70. The Balaban J connectivity index is 4.68. The smallest absolute Gasteiger partial charge is 0.333 e. The van der Waals surface area contributed by atoms with E-state index < -0.39 is 37.9 Å². The number of carboxylic acids is 1. The topological polar surface area (TPSA) is 130 Å². The van der Waals surface area contributed by atoms with Gasteiger partial charge in [-0.3, -0.25) is 9.36 Å². The second kappa shape index (κ2) is 9.05. The number of carbonyl (C=O) groups is 2. The van der Waals surface area contributed by atoms with Gasteiger partial charge in [-0.2, -0.15) is 0 Å². The van der Waals surface area contributed by atoms with Crippen LogP contribution in [0.25, 0.3) is 0 Å². The molecule has 3 N–H and O–H groups in total. The second-order valence-electron chi connectivity index (χ2n) is 5.33. The van der Waals surface area contributed by atoms with Crippen molar-refractivity contribution >= 4 is 19.3 Å². The van der Waals surface area contributed by atoms with Gasteiger partial charge in [0.15, 0.2) is 0 Å². The summed E-state index contributed by atoms with van der Waals surface area (Å²) in [6.07, 6.45) is -0.482. The minimum absolute atomic E-state index is 0.160. The van der Waals surface area contributed by atoms with E-state index in [0.717, 1.165) is 0 Å². The molecule has 0 amide bonds. The van der Waals surface area contributed by atoms with Crippen LogP contribution >= 0.6 is 7.37 Å². The zero-order valence-corrected chi connectivity index (χ0v) is 13.7. The molecule has 0 aromatic rings. The summed E-state index contributed by atoms with van der Waals surface area (Å²) in [7, 11) is -3.20. The van der Waals surface area contributed by atoms with Crippen molar-refractivity contribution < 1.29 is 38.7 Å². The first-order chi connectivity index (χ1) is 10.1. The van der Waals surface area contributed by atoms with Gasteiger partial charge in [0, 0.05) is 18.4 Å². The lowest BCUT2D eigenvalue weighted by atomic mass is 9.93. The van der Waals surface area contributed by atoms with Gasteiger partial charge in [-0.15, -0.1) is 0 Å². The highest BCUT2D eigenvalue weighted by Gasteiger charge is 2.34. The van der Waals surface area contributed by atoms with Crippen LogP contribution in [0.1, 0.15) is 13.3 Å². The summed E-state index contributed by atoms with van der Waals surface area (Å²) in [6, 6.07) is 0. The van der Waals surface area contributed by atoms with E-state index in [9.17, 15) is 24.4 Å². The normalized spacial score (nSPS) is 14.2. The van der Waals surface area contributed by atoms with Gasteiger partial charge >= 0.3 is 11.9 Å². The molecule has 22 heavy (non-hydrogen) atoms. The zero-order chi connectivity index (χ0) is 17.4. The van der Waals surface area contributed by atoms with Crippen LogP contribution in [0.2, 0.25) is 0 Å². The standard InChI is InChI=1S/C13H23O8P/c1-10(2)12(18)20-8-13(6-14,7-15)9-21-22(3,19)5-4-11(16)17/h14-15H,1,4-9H2,2-3H3,(H,16,17). The van der Waals surface area contributed by atoms with Crippen molar-refractivity contribution in [2.45, 2.75) is 13.3 Å². The van der Waals surface area contributed by atoms with Crippen molar-refractivity contribution in [2.75, 3.05) is 39.3 Å². The van der Waals surface area contributed by atoms with Crippen molar-refractivity contribution in [2.24, 2.45) is 5.41 Å². The Morgan fingerprint density at radius 1 is 1.23 bits per heavy atom. The molecule has 0 bridgehead atoms. The van der Waals surface area contributed by atoms with E-state index in [1.165, 1.54) is 13.6 Å². The van der Waals surface area contributed by atoms with Crippen LogP contribution in [0.4, 0.5) is 0 Å². The van der Waals surface area contributed by atoms with Crippen molar-refractivity contribution in [1.82, 2.24) is 0 Å². The number of carbonyl (C=O) groups excluding carboxylic acids is 1. The van der Waals surface area contributed by atoms with Crippen LogP contribution in [-0.4, -0.2) is 66.5 Å². The molecule has 0 fully saturated rings. The third-order valence-electron chi connectivity index (χ3n) is 2.90. The molecule has 0 heterocycles. The Hall–Kier alpha value is -1.21. The molecule has 0 saturated heterocycles. The van der Waals surface area contributed by atoms with Gasteiger partial charge in [-0.1, -0.05) is 6.58 Å². The van der Waals surface area contributed by atoms with Gasteiger partial charge in [0.1, 0.15) is 6.61 Å². The Morgan fingerprint density at radius 3 is 2.18 bits per heavy atom. The lowest BCUT2D eigenvalue weighted by Crippen LogP contribution is -2.40. The Bertz CT molecular complexity index is 455. The maximum Gasteiger partial charge on any atom is 0.333 e. The van der Waals surface area contributed by atoms with E-state index in [0.29, 0.717) is 0 Å². The quantitative estimate of drug-likeness (QED) is 0.282. The van der Waals surface area contributed by atoms with Crippen LogP contribution in [-0.2, 0) is 23.4 Å². The summed E-state index contributed by atoms with van der Waals surface area (Å²) in [5.41, 5.74) is -1.16. The number of aliphatic hydroxyl groups is 2. The van der Waals surface area contributed by atoms with Crippen molar-refractivity contribution in [3.05, 3.63) is 12.2 Å². The molecule has 0 aliphatic rings. The Labute approximate surface area is 129 Å². The highest BCUT2D eigenvalue weighted by atomic mass is 31.2. The molecular formula is C13H23O8P. The average Bonchev–Trinajstić information content (AvgIpc) is 2.46. The van der Waals surface area contributed by atoms with E-state index in [1.54, 1.807) is 0 Å². The highest BCUT2D eigenvalue weighted by Crippen LogP contribution is 2.44. The molecule has 0 aliphatic heterocycles. The van der Waals surface area contributed by atoms with E-state index in [-0.39, 0.29) is 31.4 Å². The maximum atomic E-state index is 12.1. The molecule has 128 valence electrons. The Kier molecular flexibility index (Phi) is 8.55. The fraction of sp³-hybridized carbons (Fsp3) is 0.692. The van der Waals surface area contributed by atoms with E-state index >= 15 is 0 Å². The summed E-state index contributed by atoms with van der Waals surface area (Å²) in [5, 5.41) is 27.4. The van der Waals surface area contributed by atoms with E-state index in [2.05, 4.69) is 6.58 Å². The summed E-state index contributed by atoms with van der Waals surface area (Å²) in [4.78, 5) is 21.8. The number of hydrogen-bond acceptors (Lipinski definition) is 7. The first-order valence-electron chi connectivity index (χ1n) is 6.55. The largest absolute Gasteiger partial charge is 0.481 e. The fourth-order valence-corrected chi connectivity index (χ4v) is 2.53. The van der Waals surface area contributed by atoms with Gasteiger partial charge in [0.25, 0.3) is 0 Å². The molecule has 0 rings (SSSR count). The molecule has 0 aromatic carbocycles. The molecule has 8 nitrogen and oxygen atoms in total. The average molecular weight is 338 g/mol. The lowest BCUT2D eigenvalue weighted by molar-refractivity contribution is -0.146. The van der Waals surface area contributed by atoms with Crippen LogP contribution in [0.5, 0.6) is 0 Å². The summed E-state index contributed by atoms with van der Waals surface area (Å²) >= 11 is 0. The van der Waals surface area contributed by atoms with Crippen LogP contribution in [0.15, 0.2) is 12.2 Å². The van der Waals surface area contributed by atoms with Gasteiger partial charge < -0.3 is 24.6 Å². The molecule has 0 spiro atoms. The number of hydrogen-bond donors (Lipinski definition) is 3.